The lowest BCUT2D eigenvalue weighted by Crippen LogP contribution is -2.23. The lowest BCUT2D eigenvalue weighted by molar-refractivity contribution is 0.100. The van der Waals surface area contributed by atoms with Gasteiger partial charge in [0, 0.05) is 12.2 Å². The minimum Gasteiger partial charge on any atom is -0.366 e. The van der Waals surface area contributed by atoms with E-state index in [-0.39, 0.29) is 6.04 Å². The summed E-state index contributed by atoms with van der Waals surface area (Å²) in [7, 11) is 0. The number of fused-ring (bicyclic) bond motifs is 1. The maximum absolute atomic E-state index is 11.4. The summed E-state index contributed by atoms with van der Waals surface area (Å²) in [5.41, 5.74) is 8.51. The molecule has 1 heterocycles. The Morgan fingerprint density at radius 3 is 2.47 bits per heavy atom. The minimum atomic E-state index is -0.453. The Bertz CT molecular complexity index is 599. The fourth-order valence-electron chi connectivity index (χ4n) is 2.57. The molecule has 96 valence electrons. The number of aromatic nitrogens is 1. The SMILES string of the molecule is NC(=O)c1cccnc1NC1Cc2ccccc2C1. The molecule has 1 amide bonds. The number of primary amides is 1. The number of rotatable bonds is 3. The van der Waals surface area contributed by atoms with Gasteiger partial charge in [0.1, 0.15) is 5.82 Å². The first-order valence-electron chi connectivity index (χ1n) is 6.32. The molecule has 0 atom stereocenters. The van der Waals surface area contributed by atoms with Crippen LogP contribution < -0.4 is 11.1 Å². The van der Waals surface area contributed by atoms with Crippen molar-refractivity contribution < 1.29 is 4.79 Å². The molecule has 0 unspecified atom stereocenters. The first kappa shape index (κ1) is 11.7. The number of pyridine rings is 1. The first-order chi connectivity index (χ1) is 9.24. The third-order valence-corrected chi connectivity index (χ3v) is 3.47. The monoisotopic (exact) mass is 253 g/mol. The maximum atomic E-state index is 11.4. The zero-order valence-corrected chi connectivity index (χ0v) is 10.5. The second-order valence-corrected chi connectivity index (χ2v) is 4.78. The van der Waals surface area contributed by atoms with Gasteiger partial charge in [-0.15, -0.1) is 0 Å². The Balaban J connectivity index is 1.80. The normalized spacial score (nSPS) is 14.1. The summed E-state index contributed by atoms with van der Waals surface area (Å²) in [6.45, 7) is 0. The van der Waals surface area contributed by atoms with Crippen molar-refractivity contribution in [3.63, 3.8) is 0 Å². The van der Waals surface area contributed by atoms with E-state index in [0.717, 1.165) is 12.8 Å². The van der Waals surface area contributed by atoms with Crippen molar-refractivity contribution in [2.75, 3.05) is 5.32 Å². The highest BCUT2D eigenvalue weighted by molar-refractivity contribution is 5.97. The Labute approximate surface area is 111 Å². The molecule has 2 aromatic rings. The third kappa shape index (κ3) is 2.29. The van der Waals surface area contributed by atoms with Crippen LogP contribution in [0.5, 0.6) is 0 Å². The Kier molecular flexibility index (Phi) is 2.91. The highest BCUT2D eigenvalue weighted by Crippen LogP contribution is 2.24. The van der Waals surface area contributed by atoms with Gasteiger partial charge >= 0.3 is 0 Å². The predicted molar refractivity (Wildman–Crippen MR) is 74.0 cm³/mol. The summed E-state index contributed by atoms with van der Waals surface area (Å²) in [5, 5.41) is 3.33. The zero-order valence-electron chi connectivity index (χ0n) is 10.5. The highest BCUT2D eigenvalue weighted by atomic mass is 16.1. The van der Waals surface area contributed by atoms with Crippen molar-refractivity contribution in [2.45, 2.75) is 18.9 Å². The van der Waals surface area contributed by atoms with Crippen LogP contribution in [-0.4, -0.2) is 16.9 Å². The molecule has 0 saturated carbocycles. The molecule has 1 aromatic heterocycles. The molecule has 0 radical (unpaired) electrons. The topological polar surface area (TPSA) is 68.0 Å². The predicted octanol–water partition coefficient (Wildman–Crippen LogP) is 1.76. The van der Waals surface area contributed by atoms with Gasteiger partial charge in [-0.1, -0.05) is 24.3 Å². The van der Waals surface area contributed by atoms with Crippen LogP contribution in [0, 0.1) is 0 Å². The van der Waals surface area contributed by atoms with Gasteiger partial charge in [-0.2, -0.15) is 0 Å². The number of nitrogens with one attached hydrogen (secondary N) is 1. The van der Waals surface area contributed by atoms with Gasteiger partial charge < -0.3 is 11.1 Å². The van der Waals surface area contributed by atoms with Gasteiger partial charge in [0.2, 0.25) is 0 Å². The van der Waals surface area contributed by atoms with Crippen LogP contribution in [0.4, 0.5) is 5.82 Å². The summed E-state index contributed by atoms with van der Waals surface area (Å²) in [6.07, 6.45) is 3.56. The van der Waals surface area contributed by atoms with Crippen LogP contribution in [0.1, 0.15) is 21.5 Å². The average Bonchev–Trinajstić information content (AvgIpc) is 2.81. The zero-order chi connectivity index (χ0) is 13.2. The van der Waals surface area contributed by atoms with E-state index in [1.54, 1.807) is 18.3 Å². The van der Waals surface area contributed by atoms with Crippen LogP contribution >= 0.6 is 0 Å². The van der Waals surface area contributed by atoms with Crippen LogP contribution in [0.15, 0.2) is 42.6 Å². The Morgan fingerprint density at radius 1 is 1.16 bits per heavy atom. The van der Waals surface area contributed by atoms with Gasteiger partial charge in [-0.25, -0.2) is 4.98 Å². The molecule has 1 aliphatic carbocycles. The van der Waals surface area contributed by atoms with E-state index in [1.807, 2.05) is 0 Å². The van der Waals surface area contributed by atoms with Crippen LogP contribution in [-0.2, 0) is 12.8 Å². The molecule has 3 rings (SSSR count). The Morgan fingerprint density at radius 2 is 1.84 bits per heavy atom. The molecule has 0 fully saturated rings. The number of anilines is 1. The van der Waals surface area contributed by atoms with Gasteiger partial charge in [-0.05, 0) is 36.1 Å². The van der Waals surface area contributed by atoms with E-state index < -0.39 is 5.91 Å². The molecule has 1 aliphatic rings. The van der Waals surface area contributed by atoms with Crippen molar-refractivity contribution >= 4 is 11.7 Å². The molecule has 0 spiro atoms. The summed E-state index contributed by atoms with van der Waals surface area (Å²) >= 11 is 0. The van der Waals surface area contributed by atoms with Crippen LogP contribution in [0.3, 0.4) is 0 Å². The molecule has 0 bridgehead atoms. The largest absolute Gasteiger partial charge is 0.366 e. The van der Waals surface area contributed by atoms with Gasteiger partial charge in [0.05, 0.1) is 5.56 Å². The first-order valence-corrected chi connectivity index (χ1v) is 6.32. The van der Waals surface area contributed by atoms with Crippen molar-refractivity contribution in [3.05, 3.63) is 59.3 Å². The number of amides is 1. The van der Waals surface area contributed by atoms with Crippen LogP contribution in [0.25, 0.3) is 0 Å². The molecular formula is C15H15N3O. The number of carbonyl (C=O) groups is 1. The number of carbonyl (C=O) groups excluding carboxylic acids is 1. The molecule has 1 aromatic carbocycles. The van der Waals surface area contributed by atoms with E-state index in [2.05, 4.69) is 34.6 Å². The standard InChI is InChI=1S/C15H15N3O/c16-14(19)13-6-3-7-17-15(13)18-12-8-10-4-1-2-5-11(10)9-12/h1-7,12H,8-9H2,(H2,16,19)(H,17,18). The minimum absolute atomic E-state index is 0.269. The molecule has 3 N–H and O–H groups in total. The van der Waals surface area contributed by atoms with E-state index >= 15 is 0 Å². The van der Waals surface area contributed by atoms with Crippen molar-refractivity contribution in [3.8, 4) is 0 Å². The number of benzene rings is 1. The lowest BCUT2D eigenvalue weighted by atomic mass is 10.1. The number of hydrogen-bond acceptors (Lipinski definition) is 3. The molecule has 19 heavy (non-hydrogen) atoms. The smallest absolute Gasteiger partial charge is 0.252 e. The summed E-state index contributed by atoms with van der Waals surface area (Å²) in [4.78, 5) is 15.6. The Hall–Kier alpha value is -2.36. The quantitative estimate of drug-likeness (QED) is 0.875. The number of nitrogens with two attached hydrogens (primary N) is 1. The molecular weight excluding hydrogens is 238 g/mol. The van der Waals surface area contributed by atoms with Crippen LogP contribution in [0.2, 0.25) is 0 Å². The van der Waals surface area contributed by atoms with Crippen molar-refractivity contribution in [2.24, 2.45) is 5.73 Å². The third-order valence-electron chi connectivity index (χ3n) is 3.47. The van der Waals surface area contributed by atoms with Gasteiger partial charge in [0.15, 0.2) is 0 Å². The average molecular weight is 253 g/mol. The van der Waals surface area contributed by atoms with Gasteiger partial charge in [0.25, 0.3) is 5.91 Å². The summed E-state index contributed by atoms with van der Waals surface area (Å²) < 4.78 is 0. The summed E-state index contributed by atoms with van der Waals surface area (Å²) in [5.74, 6) is 0.124. The number of hydrogen-bond donors (Lipinski definition) is 2. The molecule has 4 heteroatoms. The summed E-state index contributed by atoms with van der Waals surface area (Å²) in [6, 6.07) is 12.1. The van der Waals surface area contributed by atoms with Gasteiger partial charge in [-0.3, -0.25) is 4.79 Å². The maximum Gasteiger partial charge on any atom is 0.252 e. The fraction of sp³-hybridized carbons (Fsp3) is 0.200. The highest BCUT2D eigenvalue weighted by Gasteiger charge is 2.22. The number of nitrogens with zero attached hydrogens (tertiary/aromatic N) is 1. The van der Waals surface area contributed by atoms with E-state index in [0.29, 0.717) is 11.4 Å². The van der Waals surface area contributed by atoms with E-state index in [4.69, 9.17) is 5.73 Å². The van der Waals surface area contributed by atoms with Crippen molar-refractivity contribution in [1.82, 2.24) is 4.98 Å². The van der Waals surface area contributed by atoms with E-state index in [1.165, 1.54) is 11.1 Å². The van der Waals surface area contributed by atoms with E-state index in [9.17, 15) is 4.79 Å². The molecule has 4 nitrogen and oxygen atoms in total. The second kappa shape index (κ2) is 4.72. The lowest BCUT2D eigenvalue weighted by Gasteiger charge is -2.14. The fourth-order valence-corrected chi connectivity index (χ4v) is 2.57. The molecule has 0 saturated heterocycles. The van der Waals surface area contributed by atoms with Crippen molar-refractivity contribution in [1.29, 1.82) is 0 Å². The molecule has 0 aliphatic heterocycles. The second-order valence-electron chi connectivity index (χ2n) is 4.78.